The predicted octanol–water partition coefficient (Wildman–Crippen LogP) is 3.84. The Morgan fingerprint density at radius 3 is 2.67 bits per heavy atom. The summed E-state index contributed by atoms with van der Waals surface area (Å²) in [6.07, 6.45) is 1.54. The fraction of sp³-hybridized carbons (Fsp3) is 0.267. The van der Waals surface area contributed by atoms with E-state index in [0.29, 0.717) is 0 Å². The first kappa shape index (κ1) is 11.5. The number of hydrogen-bond donors (Lipinski definition) is 1. The molecule has 0 amide bonds. The zero-order valence-corrected chi connectivity index (χ0v) is 11.0. The Hall–Kier alpha value is -1.61. The van der Waals surface area contributed by atoms with E-state index in [2.05, 4.69) is 19.1 Å². The van der Waals surface area contributed by atoms with E-state index in [1.165, 1.54) is 11.1 Å². The summed E-state index contributed by atoms with van der Waals surface area (Å²) in [6, 6.07) is 10.3. The molecule has 2 aromatic rings. The average Bonchev–Trinajstić information content (AvgIpc) is 3.03. The lowest BCUT2D eigenvalue weighted by Crippen LogP contribution is -2.18. The quantitative estimate of drug-likeness (QED) is 0.908. The van der Waals surface area contributed by atoms with E-state index >= 15 is 0 Å². The molecule has 0 spiro atoms. The van der Waals surface area contributed by atoms with Gasteiger partial charge in [-0.2, -0.15) is 0 Å². The molecule has 0 aliphatic heterocycles. The number of hydrogen-bond acceptors (Lipinski definition) is 2. The van der Waals surface area contributed by atoms with E-state index in [9.17, 15) is 9.90 Å². The average molecular weight is 258 g/mol. The molecule has 3 heteroatoms. The molecule has 3 rings (SSSR count). The molecule has 0 saturated heterocycles. The van der Waals surface area contributed by atoms with E-state index in [1.807, 2.05) is 23.6 Å². The number of carboxylic acids is 1. The molecule has 0 unspecified atom stereocenters. The predicted molar refractivity (Wildman–Crippen MR) is 73.0 cm³/mol. The standard InChI is InChI=1S/C15H14O2S/c1-10-4-2-3-5-12(10)13-8-11(9-18-13)15(6-7-15)14(16)17/h2-5,8-9H,6-7H2,1H3,(H,16,17). The molecule has 1 aliphatic carbocycles. The second kappa shape index (κ2) is 3.95. The summed E-state index contributed by atoms with van der Waals surface area (Å²) in [6.45, 7) is 2.08. The lowest BCUT2D eigenvalue weighted by Gasteiger charge is -2.06. The molecular formula is C15H14O2S. The van der Waals surface area contributed by atoms with Crippen LogP contribution in [-0.4, -0.2) is 11.1 Å². The monoisotopic (exact) mass is 258 g/mol. The third kappa shape index (κ3) is 1.66. The number of aliphatic carboxylic acids is 1. The van der Waals surface area contributed by atoms with Crippen LogP contribution in [0.15, 0.2) is 35.7 Å². The number of carboxylic acid groups (broad SMARTS) is 1. The second-order valence-corrected chi connectivity index (χ2v) is 5.81. The summed E-state index contributed by atoms with van der Waals surface area (Å²) < 4.78 is 0. The van der Waals surface area contributed by atoms with Gasteiger partial charge in [0.2, 0.25) is 0 Å². The van der Waals surface area contributed by atoms with E-state index in [0.717, 1.165) is 23.3 Å². The highest BCUT2D eigenvalue weighted by Gasteiger charge is 2.52. The van der Waals surface area contributed by atoms with Gasteiger partial charge in [0.25, 0.3) is 0 Å². The Labute approximate surface area is 110 Å². The van der Waals surface area contributed by atoms with Crippen molar-refractivity contribution in [2.75, 3.05) is 0 Å². The molecule has 1 saturated carbocycles. The van der Waals surface area contributed by atoms with Crippen LogP contribution >= 0.6 is 11.3 Å². The van der Waals surface area contributed by atoms with E-state index < -0.39 is 11.4 Å². The summed E-state index contributed by atoms with van der Waals surface area (Å²) in [5, 5.41) is 11.3. The summed E-state index contributed by atoms with van der Waals surface area (Å²) in [5.74, 6) is -0.684. The lowest BCUT2D eigenvalue weighted by molar-refractivity contribution is -0.140. The van der Waals surface area contributed by atoms with Crippen LogP contribution in [0.2, 0.25) is 0 Å². The zero-order chi connectivity index (χ0) is 12.8. The van der Waals surface area contributed by atoms with Crippen LogP contribution in [0.25, 0.3) is 10.4 Å². The highest BCUT2D eigenvalue weighted by Crippen LogP contribution is 2.50. The number of rotatable bonds is 3. The smallest absolute Gasteiger partial charge is 0.314 e. The normalized spacial score (nSPS) is 16.5. The van der Waals surface area contributed by atoms with Crippen LogP contribution in [0, 0.1) is 6.92 Å². The van der Waals surface area contributed by atoms with Gasteiger partial charge >= 0.3 is 5.97 Å². The van der Waals surface area contributed by atoms with Gasteiger partial charge in [-0.25, -0.2) is 0 Å². The molecule has 0 bridgehead atoms. The van der Waals surface area contributed by atoms with Crippen molar-refractivity contribution in [3.8, 4) is 10.4 Å². The van der Waals surface area contributed by atoms with Gasteiger partial charge < -0.3 is 5.11 Å². The van der Waals surface area contributed by atoms with Gasteiger partial charge in [0.15, 0.2) is 0 Å². The first-order chi connectivity index (χ1) is 8.63. The van der Waals surface area contributed by atoms with Gasteiger partial charge in [0.1, 0.15) is 0 Å². The molecule has 92 valence electrons. The van der Waals surface area contributed by atoms with Gasteiger partial charge in [-0.1, -0.05) is 24.3 Å². The molecule has 0 atom stereocenters. The molecule has 0 radical (unpaired) electrons. The minimum absolute atomic E-state index is 0.586. The third-order valence-corrected chi connectivity index (χ3v) is 4.69. The maximum absolute atomic E-state index is 11.3. The molecule has 1 aliphatic rings. The Morgan fingerprint density at radius 1 is 1.33 bits per heavy atom. The van der Waals surface area contributed by atoms with Crippen molar-refractivity contribution in [3.05, 3.63) is 46.8 Å². The molecule has 1 aromatic heterocycles. The molecule has 1 aromatic carbocycles. The second-order valence-electron chi connectivity index (χ2n) is 4.90. The molecule has 2 nitrogen and oxygen atoms in total. The van der Waals surface area contributed by atoms with Crippen molar-refractivity contribution in [3.63, 3.8) is 0 Å². The van der Waals surface area contributed by atoms with Gasteiger partial charge in [0, 0.05) is 4.88 Å². The molecule has 18 heavy (non-hydrogen) atoms. The van der Waals surface area contributed by atoms with Gasteiger partial charge in [-0.05, 0) is 47.9 Å². The fourth-order valence-corrected chi connectivity index (χ4v) is 3.43. The SMILES string of the molecule is Cc1ccccc1-c1cc(C2(C(=O)O)CC2)cs1. The number of aryl methyl sites for hydroxylation is 1. The molecule has 1 N–H and O–H groups in total. The lowest BCUT2D eigenvalue weighted by atomic mass is 9.98. The van der Waals surface area contributed by atoms with Crippen molar-refractivity contribution in [2.45, 2.75) is 25.2 Å². The van der Waals surface area contributed by atoms with Crippen LogP contribution in [0.5, 0.6) is 0 Å². The van der Waals surface area contributed by atoms with Crippen molar-refractivity contribution in [2.24, 2.45) is 0 Å². The minimum Gasteiger partial charge on any atom is -0.481 e. The first-order valence-corrected chi connectivity index (χ1v) is 6.90. The molecule has 1 heterocycles. The fourth-order valence-electron chi connectivity index (χ4n) is 2.33. The summed E-state index contributed by atoms with van der Waals surface area (Å²) in [5.41, 5.74) is 2.82. The first-order valence-electron chi connectivity index (χ1n) is 6.02. The molecule has 1 fully saturated rings. The number of benzene rings is 1. The number of thiophene rings is 1. The zero-order valence-electron chi connectivity index (χ0n) is 10.1. The highest BCUT2D eigenvalue weighted by atomic mass is 32.1. The maximum atomic E-state index is 11.3. The Kier molecular flexibility index (Phi) is 2.52. The van der Waals surface area contributed by atoms with Crippen molar-refractivity contribution in [1.29, 1.82) is 0 Å². The highest BCUT2D eigenvalue weighted by molar-refractivity contribution is 7.13. The molecular weight excluding hydrogens is 244 g/mol. The van der Waals surface area contributed by atoms with Gasteiger partial charge in [0.05, 0.1) is 5.41 Å². The van der Waals surface area contributed by atoms with Crippen LogP contribution in [0.4, 0.5) is 0 Å². The van der Waals surface area contributed by atoms with E-state index in [4.69, 9.17) is 0 Å². The van der Waals surface area contributed by atoms with E-state index in [1.54, 1.807) is 11.3 Å². The minimum atomic E-state index is -0.684. The van der Waals surface area contributed by atoms with E-state index in [-0.39, 0.29) is 0 Å². The summed E-state index contributed by atoms with van der Waals surface area (Å²) >= 11 is 1.64. The topological polar surface area (TPSA) is 37.3 Å². The third-order valence-electron chi connectivity index (χ3n) is 3.72. The van der Waals surface area contributed by atoms with Crippen LogP contribution in [0.3, 0.4) is 0 Å². The maximum Gasteiger partial charge on any atom is 0.314 e. The van der Waals surface area contributed by atoms with Gasteiger partial charge in [-0.3, -0.25) is 4.79 Å². The largest absolute Gasteiger partial charge is 0.481 e. The Morgan fingerprint density at radius 2 is 2.06 bits per heavy atom. The summed E-state index contributed by atoms with van der Waals surface area (Å²) in [7, 11) is 0. The van der Waals surface area contributed by atoms with Crippen molar-refractivity contribution >= 4 is 17.3 Å². The summed E-state index contributed by atoms with van der Waals surface area (Å²) in [4.78, 5) is 12.5. The van der Waals surface area contributed by atoms with Crippen molar-refractivity contribution < 1.29 is 9.90 Å². The van der Waals surface area contributed by atoms with Crippen LogP contribution in [0.1, 0.15) is 24.0 Å². The van der Waals surface area contributed by atoms with Gasteiger partial charge in [-0.15, -0.1) is 11.3 Å². The van der Waals surface area contributed by atoms with Crippen LogP contribution < -0.4 is 0 Å². The van der Waals surface area contributed by atoms with Crippen molar-refractivity contribution in [1.82, 2.24) is 0 Å². The Balaban J connectivity index is 2.01. The Bertz CT molecular complexity index is 608. The van der Waals surface area contributed by atoms with Crippen LogP contribution in [-0.2, 0) is 10.2 Å². The number of carbonyl (C=O) groups is 1.